The second-order valence-electron chi connectivity index (χ2n) is 5.37. The summed E-state index contributed by atoms with van der Waals surface area (Å²) in [4.78, 5) is 15.2. The van der Waals surface area contributed by atoms with Crippen molar-refractivity contribution in [1.82, 2.24) is 4.98 Å². The maximum atomic E-state index is 13.6. The number of carbonyl (C=O) groups excluding carboxylic acids is 1. The predicted octanol–water partition coefficient (Wildman–Crippen LogP) is 2.50. The molecule has 2 N–H and O–H groups in total. The van der Waals surface area contributed by atoms with Crippen LogP contribution in [0.15, 0.2) is 34.7 Å². The molecule has 0 fully saturated rings. The summed E-state index contributed by atoms with van der Waals surface area (Å²) in [5.74, 6) is -1.10. The minimum absolute atomic E-state index is 0.0578. The molecule has 0 saturated carbocycles. The molecule has 0 amide bonds. The van der Waals surface area contributed by atoms with E-state index in [2.05, 4.69) is 14.8 Å². The number of alkyl halides is 3. The summed E-state index contributed by atoms with van der Waals surface area (Å²) in [6.45, 7) is 0. The Balaban J connectivity index is 2.08. The van der Waals surface area contributed by atoms with Crippen molar-refractivity contribution in [3.63, 3.8) is 0 Å². The normalized spacial score (nSPS) is 20.2. The number of para-hydroxylation sites is 1. The lowest BCUT2D eigenvalue weighted by Gasteiger charge is -2.32. The number of benzene rings is 1. The van der Waals surface area contributed by atoms with Gasteiger partial charge >= 0.3 is 12.1 Å². The number of hydrogen-bond donors (Lipinski definition) is 2. The van der Waals surface area contributed by atoms with Gasteiger partial charge in [-0.2, -0.15) is 23.3 Å². The first-order valence-electron chi connectivity index (χ1n) is 7.16. The van der Waals surface area contributed by atoms with E-state index in [1.54, 1.807) is 0 Å². The van der Waals surface area contributed by atoms with Crippen molar-refractivity contribution in [3.05, 3.63) is 40.9 Å². The van der Waals surface area contributed by atoms with E-state index >= 15 is 0 Å². The molecule has 1 aromatic heterocycles. The van der Waals surface area contributed by atoms with Crippen molar-refractivity contribution in [2.24, 2.45) is 5.10 Å². The van der Waals surface area contributed by atoms with Crippen LogP contribution in [0.25, 0.3) is 0 Å². The van der Waals surface area contributed by atoms with E-state index in [4.69, 9.17) is 0 Å². The molecular weight excluding hydrogens is 375 g/mol. The van der Waals surface area contributed by atoms with Crippen molar-refractivity contribution in [2.75, 3.05) is 12.1 Å². The SMILES string of the molecule is COC(=O)c1csc(N2N=C(c3ccccc3O)C[C@]2(O)C(F)(F)F)n1. The Bertz CT molecular complexity index is 883. The summed E-state index contributed by atoms with van der Waals surface area (Å²) in [6.07, 6.45) is -5.99. The standard InChI is InChI=1S/C15H12F3N3O4S/c1-25-12(23)10-7-26-13(19-10)21-14(24,15(16,17)18)6-9(20-21)8-4-2-3-5-11(8)22/h2-5,7,22,24H,6H2,1H3/t14-/m0/s1. The first kappa shape index (κ1) is 18.1. The fourth-order valence-electron chi connectivity index (χ4n) is 2.40. The number of phenols is 1. The van der Waals surface area contributed by atoms with Crippen LogP contribution in [-0.4, -0.2) is 45.9 Å². The van der Waals surface area contributed by atoms with Crippen LogP contribution in [0.2, 0.25) is 0 Å². The zero-order valence-corrected chi connectivity index (χ0v) is 14.0. The van der Waals surface area contributed by atoms with E-state index in [0.717, 1.165) is 7.11 Å². The highest BCUT2D eigenvalue weighted by atomic mass is 32.1. The number of methoxy groups -OCH3 is 1. The quantitative estimate of drug-likeness (QED) is 0.786. The fraction of sp³-hybridized carbons (Fsp3) is 0.267. The molecule has 26 heavy (non-hydrogen) atoms. The van der Waals surface area contributed by atoms with Crippen LogP contribution in [0, 0.1) is 0 Å². The Morgan fingerprint density at radius 2 is 2.08 bits per heavy atom. The molecular formula is C15H12F3N3O4S. The van der Waals surface area contributed by atoms with Crippen molar-refractivity contribution < 1.29 is 32.9 Å². The van der Waals surface area contributed by atoms with Crippen LogP contribution in [-0.2, 0) is 4.74 Å². The van der Waals surface area contributed by atoms with Crippen molar-refractivity contribution in [3.8, 4) is 5.75 Å². The van der Waals surface area contributed by atoms with Gasteiger partial charge in [0, 0.05) is 10.9 Å². The summed E-state index contributed by atoms with van der Waals surface area (Å²) in [5.41, 5.74) is -3.68. The third-order valence-corrected chi connectivity index (χ3v) is 4.54. The van der Waals surface area contributed by atoms with E-state index in [1.165, 1.54) is 29.6 Å². The Morgan fingerprint density at radius 3 is 2.69 bits per heavy atom. The van der Waals surface area contributed by atoms with Crippen molar-refractivity contribution in [2.45, 2.75) is 18.3 Å². The van der Waals surface area contributed by atoms with Gasteiger partial charge in [-0.1, -0.05) is 12.1 Å². The van der Waals surface area contributed by atoms with Crippen LogP contribution in [0.4, 0.5) is 18.3 Å². The summed E-state index contributed by atoms with van der Waals surface area (Å²) in [5, 5.41) is 25.2. The number of carbonyl (C=O) groups is 1. The highest BCUT2D eigenvalue weighted by molar-refractivity contribution is 7.14. The summed E-state index contributed by atoms with van der Waals surface area (Å²) in [7, 11) is 1.11. The maximum Gasteiger partial charge on any atom is 0.438 e. The highest BCUT2D eigenvalue weighted by Crippen LogP contribution is 2.45. The number of aromatic nitrogens is 1. The van der Waals surface area contributed by atoms with Gasteiger partial charge in [0.05, 0.1) is 19.2 Å². The number of rotatable bonds is 3. The van der Waals surface area contributed by atoms with E-state index in [9.17, 15) is 28.2 Å². The van der Waals surface area contributed by atoms with Gasteiger partial charge in [0.15, 0.2) is 5.69 Å². The van der Waals surface area contributed by atoms with E-state index in [-0.39, 0.29) is 27.9 Å². The van der Waals surface area contributed by atoms with E-state index in [1.807, 2.05) is 0 Å². The second kappa shape index (κ2) is 6.25. The number of halogens is 3. The third-order valence-electron chi connectivity index (χ3n) is 3.72. The molecule has 0 unspecified atom stereocenters. The predicted molar refractivity (Wildman–Crippen MR) is 86.2 cm³/mol. The van der Waals surface area contributed by atoms with Crippen LogP contribution < -0.4 is 5.01 Å². The average Bonchev–Trinajstić information content (AvgIpc) is 3.19. The molecule has 0 aliphatic carbocycles. The van der Waals surface area contributed by atoms with Gasteiger partial charge in [-0.15, -0.1) is 11.3 Å². The highest BCUT2D eigenvalue weighted by Gasteiger charge is 2.62. The molecule has 1 atom stereocenters. The van der Waals surface area contributed by atoms with Gasteiger partial charge in [0.1, 0.15) is 5.75 Å². The molecule has 2 aromatic rings. The maximum absolute atomic E-state index is 13.6. The Labute approximate surface area is 149 Å². The largest absolute Gasteiger partial charge is 0.507 e. The van der Waals surface area contributed by atoms with E-state index < -0.39 is 24.3 Å². The number of phenolic OH excluding ortho intramolecular Hbond substituents is 1. The number of ether oxygens (including phenoxy) is 1. The first-order valence-corrected chi connectivity index (χ1v) is 8.04. The van der Waals surface area contributed by atoms with Gasteiger partial charge in [0.25, 0.3) is 5.72 Å². The van der Waals surface area contributed by atoms with Gasteiger partial charge in [-0.25, -0.2) is 9.78 Å². The van der Waals surface area contributed by atoms with Crippen molar-refractivity contribution in [1.29, 1.82) is 0 Å². The second-order valence-corrected chi connectivity index (χ2v) is 6.21. The Kier molecular flexibility index (Phi) is 4.36. The molecule has 138 valence electrons. The average molecular weight is 387 g/mol. The van der Waals surface area contributed by atoms with Crippen LogP contribution in [0.1, 0.15) is 22.5 Å². The number of anilines is 1. The van der Waals surface area contributed by atoms with Gasteiger partial charge in [0.2, 0.25) is 5.13 Å². The van der Waals surface area contributed by atoms with Crippen LogP contribution in [0.3, 0.4) is 0 Å². The lowest BCUT2D eigenvalue weighted by Crippen LogP contribution is -2.55. The molecule has 3 rings (SSSR count). The first-order chi connectivity index (χ1) is 12.2. The Morgan fingerprint density at radius 1 is 1.38 bits per heavy atom. The number of aromatic hydroxyl groups is 1. The smallest absolute Gasteiger partial charge is 0.438 e. The molecule has 0 spiro atoms. The van der Waals surface area contributed by atoms with Crippen LogP contribution >= 0.6 is 11.3 Å². The summed E-state index contributed by atoms with van der Waals surface area (Å²) in [6, 6.07) is 5.71. The molecule has 1 aromatic carbocycles. The minimum Gasteiger partial charge on any atom is -0.507 e. The van der Waals surface area contributed by atoms with Crippen LogP contribution in [0.5, 0.6) is 5.75 Å². The lowest BCUT2D eigenvalue weighted by molar-refractivity contribution is -0.254. The van der Waals surface area contributed by atoms with E-state index in [0.29, 0.717) is 16.3 Å². The molecule has 7 nitrogen and oxygen atoms in total. The molecule has 0 radical (unpaired) electrons. The monoisotopic (exact) mass is 387 g/mol. The number of aliphatic hydroxyl groups is 1. The fourth-order valence-corrected chi connectivity index (χ4v) is 3.20. The number of hydrazone groups is 1. The third kappa shape index (κ3) is 2.88. The number of esters is 1. The molecule has 0 bridgehead atoms. The lowest BCUT2D eigenvalue weighted by atomic mass is 10.0. The summed E-state index contributed by atoms with van der Waals surface area (Å²) >= 11 is 0.695. The molecule has 1 aliphatic rings. The Hall–Kier alpha value is -2.66. The zero-order valence-electron chi connectivity index (χ0n) is 13.2. The molecule has 2 heterocycles. The van der Waals surface area contributed by atoms with Gasteiger partial charge in [-0.05, 0) is 12.1 Å². The van der Waals surface area contributed by atoms with Crippen molar-refractivity contribution >= 4 is 28.1 Å². The zero-order chi connectivity index (χ0) is 19.1. The molecule has 11 heteroatoms. The number of nitrogens with zero attached hydrogens (tertiary/aromatic N) is 3. The number of thiazole rings is 1. The molecule has 0 saturated heterocycles. The van der Waals surface area contributed by atoms with Gasteiger partial charge < -0.3 is 14.9 Å². The van der Waals surface area contributed by atoms with Gasteiger partial charge in [-0.3, -0.25) is 0 Å². The molecule has 1 aliphatic heterocycles. The minimum atomic E-state index is -5.07. The topological polar surface area (TPSA) is 95.2 Å². The summed E-state index contributed by atoms with van der Waals surface area (Å²) < 4.78 is 45.1. The number of hydrogen-bond acceptors (Lipinski definition) is 8.